The van der Waals surface area contributed by atoms with E-state index in [0.29, 0.717) is 31.6 Å². The molecular formula is C21H26N2O4S. The zero-order valence-electron chi connectivity index (χ0n) is 15.8. The second-order valence-electron chi connectivity index (χ2n) is 7.15. The molecule has 1 aliphatic heterocycles. The molecule has 0 bridgehead atoms. The summed E-state index contributed by atoms with van der Waals surface area (Å²) in [5, 5.41) is 12.2. The van der Waals surface area contributed by atoms with Crippen molar-refractivity contribution in [2.45, 2.75) is 19.3 Å². The molecule has 0 saturated carbocycles. The molecule has 0 aromatic heterocycles. The van der Waals surface area contributed by atoms with Gasteiger partial charge in [-0.05, 0) is 55.0 Å². The van der Waals surface area contributed by atoms with Crippen LogP contribution >= 0.6 is 0 Å². The Morgan fingerprint density at radius 2 is 1.68 bits per heavy atom. The molecule has 28 heavy (non-hydrogen) atoms. The normalized spacial score (nSPS) is 16.0. The van der Waals surface area contributed by atoms with E-state index in [1.165, 1.54) is 12.1 Å². The molecule has 150 valence electrons. The van der Waals surface area contributed by atoms with Gasteiger partial charge < -0.3 is 10.4 Å². The highest BCUT2D eigenvalue weighted by Gasteiger charge is 2.27. The summed E-state index contributed by atoms with van der Waals surface area (Å²) in [4.78, 5) is 12.1. The van der Waals surface area contributed by atoms with Gasteiger partial charge in [-0.2, -0.15) is 0 Å². The van der Waals surface area contributed by atoms with Crippen molar-refractivity contribution in [2.75, 3.05) is 25.4 Å². The summed E-state index contributed by atoms with van der Waals surface area (Å²) in [6, 6.07) is 15.8. The quantitative estimate of drug-likeness (QED) is 0.745. The number of aryl methyl sites for hydroxylation is 1. The molecule has 1 saturated heterocycles. The summed E-state index contributed by atoms with van der Waals surface area (Å²) >= 11 is 0. The van der Waals surface area contributed by atoms with Crippen molar-refractivity contribution in [3.63, 3.8) is 0 Å². The number of rotatable bonds is 7. The Morgan fingerprint density at radius 3 is 2.32 bits per heavy atom. The molecule has 6 nitrogen and oxygen atoms in total. The number of hydrogen-bond donors (Lipinski definition) is 2. The predicted octanol–water partition coefficient (Wildman–Crippen LogP) is 2.41. The van der Waals surface area contributed by atoms with Crippen molar-refractivity contribution in [2.24, 2.45) is 5.92 Å². The van der Waals surface area contributed by atoms with Gasteiger partial charge >= 0.3 is 0 Å². The third-order valence-corrected chi connectivity index (χ3v) is 7.01. The standard InChI is InChI=1S/C21H26N2O4S/c24-20-8-6-19(7-9-20)21(25)22-16-18-10-13-23(14-11-18)28(26,27)15-12-17-4-2-1-3-5-17/h1-9,18,24H,10-16H2,(H,22,25). The van der Waals surface area contributed by atoms with Crippen LogP contribution in [0.4, 0.5) is 0 Å². The summed E-state index contributed by atoms with van der Waals surface area (Å²) in [6.45, 7) is 1.52. The molecule has 0 radical (unpaired) electrons. The Balaban J connectivity index is 1.43. The topological polar surface area (TPSA) is 86.7 Å². The second-order valence-corrected chi connectivity index (χ2v) is 9.24. The van der Waals surface area contributed by atoms with Gasteiger partial charge in [-0.25, -0.2) is 12.7 Å². The minimum atomic E-state index is -3.26. The average Bonchev–Trinajstić information content (AvgIpc) is 2.72. The van der Waals surface area contributed by atoms with E-state index in [1.807, 2.05) is 30.3 Å². The highest BCUT2D eigenvalue weighted by molar-refractivity contribution is 7.89. The van der Waals surface area contributed by atoms with E-state index in [-0.39, 0.29) is 23.3 Å². The van der Waals surface area contributed by atoms with Crippen molar-refractivity contribution < 1.29 is 18.3 Å². The first kappa shape index (κ1) is 20.4. The van der Waals surface area contributed by atoms with Gasteiger partial charge in [0.2, 0.25) is 10.0 Å². The maximum Gasteiger partial charge on any atom is 0.251 e. The molecule has 2 N–H and O–H groups in total. The van der Waals surface area contributed by atoms with E-state index in [1.54, 1.807) is 16.4 Å². The molecule has 3 rings (SSSR count). The molecule has 2 aromatic carbocycles. The lowest BCUT2D eigenvalue weighted by Gasteiger charge is -2.31. The fourth-order valence-electron chi connectivity index (χ4n) is 3.36. The second kappa shape index (κ2) is 9.21. The van der Waals surface area contributed by atoms with Gasteiger partial charge in [0.1, 0.15) is 5.75 Å². The van der Waals surface area contributed by atoms with Crippen molar-refractivity contribution in [3.8, 4) is 5.75 Å². The Kier molecular flexibility index (Phi) is 6.70. The fraction of sp³-hybridized carbons (Fsp3) is 0.381. The Bertz CT molecular complexity index is 874. The van der Waals surface area contributed by atoms with Crippen LogP contribution < -0.4 is 5.32 Å². The summed E-state index contributed by atoms with van der Waals surface area (Å²) in [5.41, 5.74) is 1.52. The molecule has 1 fully saturated rings. The third-order valence-electron chi connectivity index (χ3n) is 5.14. The number of piperidine rings is 1. The van der Waals surface area contributed by atoms with Crippen molar-refractivity contribution in [1.29, 1.82) is 0 Å². The maximum absolute atomic E-state index is 12.6. The molecule has 1 amide bonds. The highest BCUT2D eigenvalue weighted by Crippen LogP contribution is 2.20. The van der Waals surface area contributed by atoms with Gasteiger partial charge in [-0.3, -0.25) is 4.79 Å². The monoisotopic (exact) mass is 402 g/mol. The predicted molar refractivity (Wildman–Crippen MR) is 109 cm³/mol. The minimum absolute atomic E-state index is 0.123. The van der Waals surface area contributed by atoms with E-state index in [4.69, 9.17) is 0 Å². The van der Waals surface area contributed by atoms with Gasteiger partial charge in [0.05, 0.1) is 5.75 Å². The summed E-state index contributed by atoms with van der Waals surface area (Å²) < 4.78 is 26.7. The molecule has 7 heteroatoms. The largest absolute Gasteiger partial charge is 0.508 e. The zero-order chi connectivity index (χ0) is 20.0. The van der Waals surface area contributed by atoms with Crippen LogP contribution in [0.2, 0.25) is 0 Å². The number of sulfonamides is 1. The maximum atomic E-state index is 12.6. The number of carbonyl (C=O) groups is 1. The van der Waals surface area contributed by atoms with Gasteiger partial charge in [0, 0.05) is 25.2 Å². The lowest BCUT2D eigenvalue weighted by Crippen LogP contribution is -2.42. The first-order valence-electron chi connectivity index (χ1n) is 9.53. The van der Waals surface area contributed by atoms with Crippen LogP contribution in [-0.4, -0.2) is 49.1 Å². The van der Waals surface area contributed by atoms with E-state index in [9.17, 15) is 18.3 Å². The van der Waals surface area contributed by atoms with Gasteiger partial charge in [-0.15, -0.1) is 0 Å². The highest BCUT2D eigenvalue weighted by atomic mass is 32.2. The molecule has 1 heterocycles. The number of phenolic OH excluding ortho intramolecular Hbond substituents is 1. The molecule has 1 aliphatic rings. The fourth-order valence-corrected chi connectivity index (χ4v) is 4.88. The smallest absolute Gasteiger partial charge is 0.251 e. The lowest BCUT2D eigenvalue weighted by atomic mass is 9.98. The molecular weight excluding hydrogens is 376 g/mol. The zero-order valence-corrected chi connectivity index (χ0v) is 16.6. The van der Waals surface area contributed by atoms with Crippen LogP contribution in [0.3, 0.4) is 0 Å². The van der Waals surface area contributed by atoms with E-state index in [2.05, 4.69) is 5.32 Å². The first-order chi connectivity index (χ1) is 13.4. The molecule has 0 spiro atoms. The Hall–Kier alpha value is -2.38. The molecule has 0 unspecified atom stereocenters. The lowest BCUT2D eigenvalue weighted by molar-refractivity contribution is 0.0941. The van der Waals surface area contributed by atoms with Crippen LogP contribution in [0, 0.1) is 5.92 Å². The van der Waals surface area contributed by atoms with Crippen molar-refractivity contribution in [3.05, 3.63) is 65.7 Å². The van der Waals surface area contributed by atoms with E-state index in [0.717, 1.165) is 18.4 Å². The van der Waals surface area contributed by atoms with E-state index < -0.39 is 10.0 Å². The van der Waals surface area contributed by atoms with Crippen LogP contribution in [0.5, 0.6) is 5.75 Å². The summed E-state index contributed by atoms with van der Waals surface area (Å²) in [5.74, 6) is 0.330. The minimum Gasteiger partial charge on any atom is -0.508 e. The van der Waals surface area contributed by atoms with E-state index >= 15 is 0 Å². The molecule has 2 aromatic rings. The summed E-state index contributed by atoms with van der Waals surface area (Å²) in [7, 11) is -3.26. The molecule has 0 atom stereocenters. The number of aromatic hydroxyl groups is 1. The SMILES string of the molecule is O=C(NCC1CCN(S(=O)(=O)CCc2ccccc2)CC1)c1ccc(O)cc1. The van der Waals surface area contributed by atoms with Crippen LogP contribution in [0.25, 0.3) is 0 Å². The number of amides is 1. The third kappa shape index (κ3) is 5.56. The number of benzene rings is 2. The number of nitrogens with one attached hydrogen (secondary N) is 1. The average molecular weight is 403 g/mol. The number of carbonyl (C=O) groups excluding carboxylic acids is 1. The van der Waals surface area contributed by atoms with Crippen LogP contribution in [0.1, 0.15) is 28.8 Å². The number of hydrogen-bond acceptors (Lipinski definition) is 4. The van der Waals surface area contributed by atoms with Crippen LogP contribution in [0.15, 0.2) is 54.6 Å². The van der Waals surface area contributed by atoms with Crippen molar-refractivity contribution >= 4 is 15.9 Å². The number of phenols is 1. The van der Waals surface area contributed by atoms with Gasteiger partial charge in [-0.1, -0.05) is 30.3 Å². The molecule has 0 aliphatic carbocycles. The Morgan fingerprint density at radius 1 is 1.04 bits per heavy atom. The van der Waals surface area contributed by atoms with Gasteiger partial charge in [0.25, 0.3) is 5.91 Å². The van der Waals surface area contributed by atoms with Crippen molar-refractivity contribution in [1.82, 2.24) is 9.62 Å². The van der Waals surface area contributed by atoms with Gasteiger partial charge in [0.15, 0.2) is 0 Å². The Labute approximate surface area is 166 Å². The summed E-state index contributed by atoms with van der Waals surface area (Å²) in [6.07, 6.45) is 1.99. The first-order valence-corrected chi connectivity index (χ1v) is 11.1. The number of nitrogens with zero attached hydrogens (tertiary/aromatic N) is 1. The van der Waals surface area contributed by atoms with Crippen LogP contribution in [-0.2, 0) is 16.4 Å².